The van der Waals surface area contributed by atoms with Crippen molar-refractivity contribution in [1.29, 1.82) is 0 Å². The average Bonchev–Trinajstić information content (AvgIpc) is 2.81. The molecule has 0 aliphatic heterocycles. The van der Waals surface area contributed by atoms with Crippen molar-refractivity contribution < 1.29 is 9.72 Å². The maximum atomic E-state index is 12.5. The van der Waals surface area contributed by atoms with Gasteiger partial charge in [-0.25, -0.2) is 0 Å². The van der Waals surface area contributed by atoms with Gasteiger partial charge in [0.05, 0.1) is 11.0 Å². The van der Waals surface area contributed by atoms with Crippen LogP contribution in [0.1, 0.15) is 46.7 Å². The highest BCUT2D eigenvalue weighted by atomic mass is 16.6. The molecule has 2 rings (SSSR count). The van der Waals surface area contributed by atoms with E-state index in [1.807, 2.05) is 38.1 Å². The lowest BCUT2D eigenvalue weighted by Gasteiger charge is -2.16. The van der Waals surface area contributed by atoms with E-state index >= 15 is 0 Å². The first-order chi connectivity index (χ1) is 10.8. The van der Waals surface area contributed by atoms with Crippen molar-refractivity contribution >= 4 is 11.6 Å². The zero-order chi connectivity index (χ0) is 17.1. The molecule has 2 aromatic rings. The standard InChI is InChI=1S/C16H20N4O3/c1-5-13(12-8-6-10(2)7-9-12)17-16(21)14-15(20(22)23)11(3)19(4)18-14/h6-9,13H,5H2,1-4H3,(H,17,21). The van der Waals surface area contributed by atoms with Crippen LogP contribution in [0.5, 0.6) is 0 Å². The highest BCUT2D eigenvalue weighted by molar-refractivity contribution is 5.96. The topological polar surface area (TPSA) is 90.1 Å². The normalized spacial score (nSPS) is 12.0. The Morgan fingerprint density at radius 1 is 1.35 bits per heavy atom. The summed E-state index contributed by atoms with van der Waals surface area (Å²) in [5.41, 5.74) is 2.04. The van der Waals surface area contributed by atoms with Gasteiger partial charge in [0.2, 0.25) is 5.69 Å². The van der Waals surface area contributed by atoms with E-state index in [1.54, 1.807) is 14.0 Å². The first-order valence-electron chi connectivity index (χ1n) is 7.40. The number of aryl methyl sites for hydroxylation is 2. The Bertz CT molecular complexity index is 735. The van der Waals surface area contributed by atoms with Crippen LogP contribution in [0.3, 0.4) is 0 Å². The molecule has 1 unspecified atom stereocenters. The summed E-state index contributed by atoms with van der Waals surface area (Å²) in [4.78, 5) is 23.1. The molecule has 1 aromatic heterocycles. The summed E-state index contributed by atoms with van der Waals surface area (Å²) in [6.45, 7) is 5.51. The van der Waals surface area contributed by atoms with Gasteiger partial charge in [0, 0.05) is 7.05 Å². The van der Waals surface area contributed by atoms with E-state index in [0.29, 0.717) is 12.1 Å². The van der Waals surface area contributed by atoms with Gasteiger partial charge in [-0.2, -0.15) is 5.10 Å². The van der Waals surface area contributed by atoms with Crippen molar-refractivity contribution in [1.82, 2.24) is 15.1 Å². The Balaban J connectivity index is 2.29. The molecule has 0 fully saturated rings. The van der Waals surface area contributed by atoms with E-state index in [9.17, 15) is 14.9 Å². The van der Waals surface area contributed by atoms with Crippen LogP contribution in [0.2, 0.25) is 0 Å². The number of aromatic nitrogens is 2. The Morgan fingerprint density at radius 3 is 2.48 bits per heavy atom. The molecule has 7 nitrogen and oxygen atoms in total. The maximum absolute atomic E-state index is 12.5. The summed E-state index contributed by atoms with van der Waals surface area (Å²) in [6.07, 6.45) is 0.675. The highest BCUT2D eigenvalue weighted by Gasteiger charge is 2.30. The van der Waals surface area contributed by atoms with E-state index in [4.69, 9.17) is 0 Å². The number of benzene rings is 1. The molecule has 0 bridgehead atoms. The predicted molar refractivity (Wildman–Crippen MR) is 86.3 cm³/mol. The van der Waals surface area contributed by atoms with Crippen molar-refractivity contribution in [2.75, 3.05) is 0 Å². The van der Waals surface area contributed by atoms with Crippen molar-refractivity contribution in [3.63, 3.8) is 0 Å². The summed E-state index contributed by atoms with van der Waals surface area (Å²) in [5.74, 6) is -0.534. The van der Waals surface area contributed by atoms with Crippen molar-refractivity contribution in [3.05, 3.63) is 56.9 Å². The molecule has 0 radical (unpaired) electrons. The second kappa shape index (κ2) is 6.60. The summed E-state index contributed by atoms with van der Waals surface area (Å²) in [5, 5.41) is 18.0. The lowest BCUT2D eigenvalue weighted by Crippen LogP contribution is -2.29. The number of amides is 1. The third-order valence-electron chi connectivity index (χ3n) is 3.89. The molecular weight excluding hydrogens is 296 g/mol. The van der Waals surface area contributed by atoms with E-state index in [2.05, 4.69) is 10.4 Å². The minimum absolute atomic E-state index is 0.152. The predicted octanol–water partition coefficient (Wildman–Crippen LogP) is 2.83. The first kappa shape index (κ1) is 16.7. The number of nitro groups is 1. The highest BCUT2D eigenvalue weighted by Crippen LogP contribution is 2.24. The number of carbonyl (C=O) groups excluding carboxylic acids is 1. The van der Waals surface area contributed by atoms with Crippen LogP contribution >= 0.6 is 0 Å². The van der Waals surface area contributed by atoms with E-state index in [1.165, 1.54) is 4.68 Å². The lowest BCUT2D eigenvalue weighted by atomic mass is 10.0. The fraction of sp³-hybridized carbons (Fsp3) is 0.375. The summed E-state index contributed by atoms with van der Waals surface area (Å²) in [7, 11) is 1.58. The Labute approximate surface area is 134 Å². The van der Waals surface area contributed by atoms with Gasteiger partial charge in [-0.15, -0.1) is 0 Å². The van der Waals surface area contributed by atoms with Gasteiger partial charge in [0.25, 0.3) is 5.91 Å². The smallest absolute Gasteiger partial charge is 0.322 e. The lowest BCUT2D eigenvalue weighted by molar-refractivity contribution is -0.385. The van der Waals surface area contributed by atoms with Gasteiger partial charge >= 0.3 is 5.69 Å². The second-order valence-corrected chi connectivity index (χ2v) is 5.51. The van der Waals surface area contributed by atoms with Crippen LogP contribution in [0.25, 0.3) is 0 Å². The molecule has 7 heteroatoms. The Morgan fingerprint density at radius 2 is 1.96 bits per heavy atom. The van der Waals surface area contributed by atoms with Crippen LogP contribution in [-0.4, -0.2) is 20.6 Å². The Kier molecular flexibility index (Phi) is 4.78. The molecule has 1 amide bonds. The van der Waals surface area contributed by atoms with Crippen LogP contribution in [0, 0.1) is 24.0 Å². The summed E-state index contributed by atoms with van der Waals surface area (Å²) >= 11 is 0. The summed E-state index contributed by atoms with van der Waals surface area (Å²) < 4.78 is 1.35. The number of nitrogens with one attached hydrogen (secondary N) is 1. The molecule has 0 aliphatic rings. The molecule has 0 saturated heterocycles. The monoisotopic (exact) mass is 316 g/mol. The second-order valence-electron chi connectivity index (χ2n) is 5.51. The zero-order valence-electron chi connectivity index (χ0n) is 13.7. The molecule has 0 saturated carbocycles. The zero-order valence-corrected chi connectivity index (χ0v) is 13.7. The van der Waals surface area contributed by atoms with Crippen LogP contribution in [-0.2, 0) is 7.05 Å². The van der Waals surface area contributed by atoms with Gasteiger partial charge in [0.1, 0.15) is 5.69 Å². The average molecular weight is 316 g/mol. The minimum Gasteiger partial charge on any atom is -0.344 e. The van der Waals surface area contributed by atoms with Crippen molar-refractivity contribution in [3.8, 4) is 0 Å². The maximum Gasteiger partial charge on any atom is 0.322 e. The van der Waals surface area contributed by atoms with Gasteiger partial charge in [-0.1, -0.05) is 36.8 Å². The fourth-order valence-corrected chi connectivity index (χ4v) is 2.41. The number of hydrogen-bond donors (Lipinski definition) is 1. The first-order valence-corrected chi connectivity index (χ1v) is 7.40. The van der Waals surface area contributed by atoms with Gasteiger partial charge in [-0.3, -0.25) is 19.6 Å². The molecule has 1 heterocycles. The third kappa shape index (κ3) is 3.39. The van der Waals surface area contributed by atoms with Gasteiger partial charge in [-0.05, 0) is 25.8 Å². The molecule has 23 heavy (non-hydrogen) atoms. The van der Waals surface area contributed by atoms with Gasteiger partial charge in [0.15, 0.2) is 0 Å². The molecular formula is C16H20N4O3. The summed E-state index contributed by atoms with van der Waals surface area (Å²) in [6, 6.07) is 7.61. The molecule has 1 N–H and O–H groups in total. The third-order valence-corrected chi connectivity index (χ3v) is 3.89. The van der Waals surface area contributed by atoms with Crippen LogP contribution < -0.4 is 5.32 Å². The largest absolute Gasteiger partial charge is 0.344 e. The quantitative estimate of drug-likeness (QED) is 0.678. The number of carbonyl (C=O) groups is 1. The SMILES string of the molecule is CCC(NC(=O)c1nn(C)c(C)c1[N+](=O)[O-])c1ccc(C)cc1. The number of nitrogens with zero attached hydrogens (tertiary/aromatic N) is 3. The van der Waals surface area contributed by atoms with Crippen molar-refractivity contribution in [2.24, 2.45) is 7.05 Å². The van der Waals surface area contributed by atoms with Crippen LogP contribution in [0.4, 0.5) is 5.69 Å². The molecule has 1 aromatic carbocycles. The van der Waals surface area contributed by atoms with E-state index in [0.717, 1.165) is 11.1 Å². The molecule has 122 valence electrons. The van der Waals surface area contributed by atoms with Gasteiger partial charge < -0.3 is 5.32 Å². The Hall–Kier alpha value is -2.70. The van der Waals surface area contributed by atoms with E-state index < -0.39 is 10.8 Å². The fourth-order valence-electron chi connectivity index (χ4n) is 2.41. The number of hydrogen-bond acceptors (Lipinski definition) is 4. The van der Waals surface area contributed by atoms with E-state index in [-0.39, 0.29) is 17.4 Å². The molecule has 0 aliphatic carbocycles. The minimum atomic E-state index is -0.565. The molecule has 1 atom stereocenters. The number of rotatable bonds is 5. The van der Waals surface area contributed by atoms with Crippen molar-refractivity contribution in [2.45, 2.75) is 33.2 Å². The van der Waals surface area contributed by atoms with Crippen LogP contribution in [0.15, 0.2) is 24.3 Å². The molecule has 0 spiro atoms.